The zero-order valence-electron chi connectivity index (χ0n) is 8.73. The summed E-state index contributed by atoms with van der Waals surface area (Å²) in [5.74, 6) is 0. The molecule has 1 aromatic rings. The zero-order chi connectivity index (χ0) is 10.6. The van der Waals surface area contributed by atoms with Gasteiger partial charge in [-0.05, 0) is 37.1 Å². The second kappa shape index (κ2) is 5.20. The Kier molecular flexibility index (Phi) is 4.21. The molecule has 0 aromatic heterocycles. The topological polar surface area (TPSA) is 12.0 Å². The second-order valence-electron chi connectivity index (χ2n) is 3.47. The van der Waals surface area contributed by atoms with E-state index in [9.17, 15) is 0 Å². The average molecular weight is 254 g/mol. The number of anilines is 1. The highest BCUT2D eigenvalue weighted by molar-refractivity contribution is 9.10. The lowest BCUT2D eigenvalue weighted by atomic mass is 10.2. The minimum atomic E-state index is 0.854. The van der Waals surface area contributed by atoms with E-state index in [2.05, 4.69) is 59.9 Å². The molecule has 1 N–H and O–H groups in total. The van der Waals surface area contributed by atoms with Crippen molar-refractivity contribution in [3.05, 3.63) is 40.4 Å². The van der Waals surface area contributed by atoms with Gasteiger partial charge in [0.2, 0.25) is 0 Å². The highest BCUT2D eigenvalue weighted by atomic mass is 79.9. The van der Waals surface area contributed by atoms with E-state index in [1.165, 1.54) is 11.1 Å². The molecule has 0 aliphatic heterocycles. The van der Waals surface area contributed by atoms with Crippen molar-refractivity contribution in [3.8, 4) is 0 Å². The Labute approximate surface area is 94.3 Å². The maximum atomic E-state index is 3.96. The van der Waals surface area contributed by atoms with Crippen LogP contribution in [0.15, 0.2) is 34.8 Å². The third-order valence-corrected chi connectivity index (χ3v) is 2.54. The van der Waals surface area contributed by atoms with E-state index in [1.807, 2.05) is 0 Å². The predicted octanol–water partition coefficient (Wildman–Crippen LogP) is 4.14. The standard InChI is InChI=1S/C12H16BrN/c1-4-9(2)8-14-12-6-10(3)5-11(13)7-12/h5-7,14H,2,4,8H2,1,3H3. The lowest BCUT2D eigenvalue weighted by molar-refractivity contribution is 1.05. The van der Waals surface area contributed by atoms with Gasteiger partial charge in [-0.15, -0.1) is 0 Å². The molecule has 0 fully saturated rings. The Morgan fingerprint density at radius 2 is 2.14 bits per heavy atom. The molecule has 0 radical (unpaired) electrons. The fraction of sp³-hybridized carbons (Fsp3) is 0.333. The van der Waals surface area contributed by atoms with Crippen molar-refractivity contribution >= 4 is 21.6 Å². The molecule has 0 bridgehead atoms. The Bertz CT molecular complexity index is 311. The van der Waals surface area contributed by atoms with Crippen LogP contribution >= 0.6 is 15.9 Å². The molecular formula is C12H16BrN. The molecule has 0 aliphatic carbocycles. The summed E-state index contributed by atoms with van der Waals surface area (Å²) in [6.07, 6.45) is 1.03. The number of hydrogen-bond donors (Lipinski definition) is 1. The Morgan fingerprint density at radius 1 is 1.43 bits per heavy atom. The van der Waals surface area contributed by atoms with E-state index in [-0.39, 0.29) is 0 Å². The molecule has 0 saturated heterocycles. The highest BCUT2D eigenvalue weighted by Gasteiger charge is 1.96. The van der Waals surface area contributed by atoms with Crippen LogP contribution in [0.1, 0.15) is 18.9 Å². The number of aryl methyl sites for hydroxylation is 1. The zero-order valence-corrected chi connectivity index (χ0v) is 10.3. The predicted molar refractivity (Wildman–Crippen MR) is 66.8 cm³/mol. The number of rotatable bonds is 4. The van der Waals surface area contributed by atoms with Gasteiger partial charge < -0.3 is 5.32 Å². The van der Waals surface area contributed by atoms with Crippen LogP contribution in [0, 0.1) is 6.92 Å². The maximum Gasteiger partial charge on any atom is 0.0357 e. The number of benzene rings is 1. The second-order valence-corrected chi connectivity index (χ2v) is 4.39. The fourth-order valence-electron chi connectivity index (χ4n) is 1.19. The van der Waals surface area contributed by atoms with Crippen LogP contribution < -0.4 is 5.32 Å². The summed E-state index contributed by atoms with van der Waals surface area (Å²) in [5, 5.41) is 3.35. The SMILES string of the molecule is C=C(CC)CNc1cc(C)cc(Br)c1. The van der Waals surface area contributed by atoms with Gasteiger partial charge in [0.1, 0.15) is 0 Å². The quantitative estimate of drug-likeness (QED) is 0.796. The van der Waals surface area contributed by atoms with Crippen LogP contribution in [0.2, 0.25) is 0 Å². The first-order chi connectivity index (χ1) is 6.61. The van der Waals surface area contributed by atoms with Crippen molar-refractivity contribution in [1.29, 1.82) is 0 Å². The smallest absolute Gasteiger partial charge is 0.0357 e. The molecule has 0 spiro atoms. The van der Waals surface area contributed by atoms with E-state index in [1.54, 1.807) is 0 Å². The molecule has 0 amide bonds. The van der Waals surface area contributed by atoms with E-state index in [0.717, 1.165) is 23.1 Å². The summed E-state index contributed by atoms with van der Waals surface area (Å²) in [4.78, 5) is 0. The molecule has 0 atom stereocenters. The van der Waals surface area contributed by atoms with E-state index < -0.39 is 0 Å². The highest BCUT2D eigenvalue weighted by Crippen LogP contribution is 2.19. The van der Waals surface area contributed by atoms with Crippen LogP contribution in [0.5, 0.6) is 0 Å². The largest absolute Gasteiger partial charge is 0.381 e. The van der Waals surface area contributed by atoms with Gasteiger partial charge in [0.05, 0.1) is 0 Å². The van der Waals surface area contributed by atoms with Crippen LogP contribution in [0.25, 0.3) is 0 Å². The van der Waals surface area contributed by atoms with Gasteiger partial charge in [0, 0.05) is 16.7 Å². The third kappa shape index (κ3) is 3.54. The van der Waals surface area contributed by atoms with Gasteiger partial charge >= 0.3 is 0 Å². The Hall–Kier alpha value is -0.760. The molecule has 2 heteroatoms. The average Bonchev–Trinajstić information content (AvgIpc) is 2.12. The molecule has 0 heterocycles. The van der Waals surface area contributed by atoms with Crippen molar-refractivity contribution < 1.29 is 0 Å². The molecule has 76 valence electrons. The van der Waals surface area contributed by atoms with Gasteiger partial charge in [0.15, 0.2) is 0 Å². The number of halogens is 1. The monoisotopic (exact) mass is 253 g/mol. The van der Waals surface area contributed by atoms with Crippen LogP contribution in [-0.4, -0.2) is 6.54 Å². The van der Waals surface area contributed by atoms with Gasteiger partial charge in [-0.3, -0.25) is 0 Å². The minimum absolute atomic E-state index is 0.854. The Balaban J connectivity index is 2.63. The van der Waals surface area contributed by atoms with Gasteiger partial charge in [0.25, 0.3) is 0 Å². The molecule has 0 saturated carbocycles. The first kappa shape index (κ1) is 11.3. The summed E-state index contributed by atoms with van der Waals surface area (Å²) in [7, 11) is 0. The van der Waals surface area contributed by atoms with Crippen LogP contribution in [-0.2, 0) is 0 Å². The summed E-state index contributed by atoms with van der Waals surface area (Å²) < 4.78 is 1.11. The fourth-order valence-corrected chi connectivity index (χ4v) is 1.80. The molecular weight excluding hydrogens is 238 g/mol. The van der Waals surface area contributed by atoms with Gasteiger partial charge in [-0.1, -0.05) is 35.0 Å². The molecule has 1 rings (SSSR count). The van der Waals surface area contributed by atoms with Crippen molar-refractivity contribution in [3.63, 3.8) is 0 Å². The van der Waals surface area contributed by atoms with E-state index >= 15 is 0 Å². The van der Waals surface area contributed by atoms with Crippen LogP contribution in [0.4, 0.5) is 5.69 Å². The first-order valence-electron chi connectivity index (χ1n) is 4.79. The third-order valence-electron chi connectivity index (χ3n) is 2.08. The van der Waals surface area contributed by atoms with Gasteiger partial charge in [-0.25, -0.2) is 0 Å². The lowest BCUT2D eigenvalue weighted by Gasteiger charge is -2.08. The molecule has 1 aromatic carbocycles. The number of hydrogen-bond acceptors (Lipinski definition) is 1. The van der Waals surface area contributed by atoms with Gasteiger partial charge in [-0.2, -0.15) is 0 Å². The molecule has 14 heavy (non-hydrogen) atoms. The molecule has 1 nitrogen and oxygen atoms in total. The van der Waals surface area contributed by atoms with E-state index in [0.29, 0.717) is 0 Å². The van der Waals surface area contributed by atoms with Crippen molar-refractivity contribution in [1.82, 2.24) is 0 Å². The summed E-state index contributed by atoms with van der Waals surface area (Å²) in [6.45, 7) is 9.02. The van der Waals surface area contributed by atoms with Crippen molar-refractivity contribution in [2.45, 2.75) is 20.3 Å². The van der Waals surface area contributed by atoms with E-state index in [4.69, 9.17) is 0 Å². The van der Waals surface area contributed by atoms with Crippen molar-refractivity contribution in [2.24, 2.45) is 0 Å². The number of nitrogens with one attached hydrogen (secondary N) is 1. The Morgan fingerprint density at radius 3 is 2.71 bits per heavy atom. The maximum absolute atomic E-state index is 3.96. The first-order valence-corrected chi connectivity index (χ1v) is 5.59. The normalized spacial score (nSPS) is 9.93. The lowest BCUT2D eigenvalue weighted by Crippen LogP contribution is -2.03. The molecule has 0 aliphatic rings. The summed E-state index contributed by atoms with van der Waals surface area (Å²) >= 11 is 3.47. The molecule has 0 unspecified atom stereocenters. The minimum Gasteiger partial charge on any atom is -0.381 e. The summed E-state index contributed by atoms with van der Waals surface area (Å²) in [5.41, 5.74) is 3.62. The van der Waals surface area contributed by atoms with Crippen molar-refractivity contribution in [2.75, 3.05) is 11.9 Å². The summed E-state index contributed by atoms with van der Waals surface area (Å²) in [6, 6.07) is 6.31. The van der Waals surface area contributed by atoms with Crippen LogP contribution in [0.3, 0.4) is 0 Å².